The number of carbonyl (C=O) groups excluding carboxylic acids is 2. The van der Waals surface area contributed by atoms with Gasteiger partial charge in [-0.1, -0.05) is 36.4 Å². The molecule has 3 rings (SSSR count). The van der Waals surface area contributed by atoms with E-state index < -0.39 is 11.9 Å². The minimum Gasteiger partial charge on any atom is -0.487 e. The quantitative estimate of drug-likeness (QED) is 0.291. The Morgan fingerprint density at radius 3 is 1.36 bits per heavy atom. The molecule has 10 nitrogen and oxygen atoms in total. The van der Waals surface area contributed by atoms with E-state index in [0.29, 0.717) is 46.9 Å². The standard InChI is InChI=1S/C26H20N2O8/c29-15-27-23(13-35-21-5-1-3-19(11-21)25(31)32)17-7-9-18(10-8-17)24(28-16-30)14-36-22-6-2-4-20(12-22)26(33)34/h1-12,15-16H,13-14H2,(H,31,32)(H,33,34). The summed E-state index contributed by atoms with van der Waals surface area (Å²) in [7, 11) is 0. The Bertz CT molecular complexity index is 1230. The number of rotatable bonds is 12. The highest BCUT2D eigenvalue weighted by molar-refractivity contribution is 6.07. The number of amides is 2. The van der Waals surface area contributed by atoms with Crippen molar-refractivity contribution in [2.45, 2.75) is 0 Å². The molecule has 0 aliphatic heterocycles. The molecule has 10 heteroatoms. The van der Waals surface area contributed by atoms with Gasteiger partial charge in [0, 0.05) is 0 Å². The fraction of sp³-hybridized carbons (Fsp3) is 0.0769. The fourth-order valence-corrected chi connectivity index (χ4v) is 3.11. The molecule has 2 amide bonds. The molecule has 0 unspecified atom stereocenters. The van der Waals surface area contributed by atoms with Crippen LogP contribution in [-0.4, -0.2) is 59.6 Å². The van der Waals surface area contributed by atoms with Crippen LogP contribution in [0.1, 0.15) is 31.8 Å². The number of carbonyl (C=O) groups is 4. The number of carboxylic acid groups (broad SMARTS) is 2. The lowest BCUT2D eigenvalue weighted by Gasteiger charge is -2.11. The summed E-state index contributed by atoms with van der Waals surface area (Å²) in [5, 5.41) is 18.2. The van der Waals surface area contributed by atoms with Crippen molar-refractivity contribution in [1.29, 1.82) is 0 Å². The van der Waals surface area contributed by atoms with E-state index in [4.69, 9.17) is 19.7 Å². The minimum absolute atomic E-state index is 0.0598. The monoisotopic (exact) mass is 488 g/mol. The molecule has 3 aromatic carbocycles. The van der Waals surface area contributed by atoms with Gasteiger partial charge in [-0.2, -0.15) is 0 Å². The van der Waals surface area contributed by atoms with Crippen LogP contribution >= 0.6 is 0 Å². The summed E-state index contributed by atoms with van der Waals surface area (Å²) in [6, 6.07) is 18.4. The number of hydrogen-bond acceptors (Lipinski definition) is 6. The average molecular weight is 488 g/mol. The molecular formula is C26H20N2O8. The molecule has 0 aliphatic carbocycles. The van der Waals surface area contributed by atoms with Crippen LogP contribution in [0, 0.1) is 0 Å². The second-order valence-electron chi connectivity index (χ2n) is 7.18. The van der Waals surface area contributed by atoms with Crippen LogP contribution < -0.4 is 9.47 Å². The van der Waals surface area contributed by atoms with Gasteiger partial charge >= 0.3 is 11.9 Å². The van der Waals surface area contributed by atoms with E-state index >= 15 is 0 Å². The lowest BCUT2D eigenvalue weighted by atomic mass is 10.0. The molecule has 0 radical (unpaired) electrons. The van der Waals surface area contributed by atoms with Gasteiger partial charge in [-0.15, -0.1) is 0 Å². The molecule has 0 aliphatic rings. The molecular weight excluding hydrogens is 468 g/mol. The third-order valence-corrected chi connectivity index (χ3v) is 4.88. The van der Waals surface area contributed by atoms with Crippen molar-refractivity contribution in [1.82, 2.24) is 0 Å². The number of aliphatic imine (C=N–C) groups is 2. The molecule has 0 bridgehead atoms. The maximum absolute atomic E-state index is 11.1. The van der Waals surface area contributed by atoms with Gasteiger partial charge in [0.1, 0.15) is 24.7 Å². The van der Waals surface area contributed by atoms with Crippen molar-refractivity contribution >= 4 is 36.2 Å². The van der Waals surface area contributed by atoms with Crippen LogP contribution in [0.25, 0.3) is 0 Å². The van der Waals surface area contributed by atoms with E-state index in [2.05, 4.69) is 9.98 Å². The summed E-state index contributed by atoms with van der Waals surface area (Å²) < 4.78 is 11.2. The Labute approximate surface area is 205 Å². The second-order valence-corrected chi connectivity index (χ2v) is 7.18. The molecule has 0 heterocycles. The molecule has 3 aromatic rings. The van der Waals surface area contributed by atoms with Gasteiger partial charge in [-0.25, -0.2) is 19.6 Å². The normalized spacial score (nSPS) is 11.4. The first kappa shape index (κ1) is 25.5. The van der Waals surface area contributed by atoms with Crippen molar-refractivity contribution in [2.75, 3.05) is 13.2 Å². The maximum Gasteiger partial charge on any atom is 0.335 e. The van der Waals surface area contributed by atoms with E-state index in [0.717, 1.165) is 0 Å². The zero-order chi connectivity index (χ0) is 25.9. The molecule has 0 aromatic heterocycles. The summed E-state index contributed by atoms with van der Waals surface area (Å²) >= 11 is 0. The van der Waals surface area contributed by atoms with Gasteiger partial charge < -0.3 is 19.7 Å². The molecule has 0 saturated carbocycles. The SMILES string of the molecule is O=CN=C(COc1cccc(C(=O)O)c1)c1ccc(C(COc2cccc(C(=O)O)c2)=NC=O)cc1. The fourth-order valence-electron chi connectivity index (χ4n) is 3.11. The van der Waals surface area contributed by atoms with Crippen LogP contribution in [-0.2, 0) is 9.59 Å². The van der Waals surface area contributed by atoms with Crippen LogP contribution in [0.15, 0.2) is 82.8 Å². The van der Waals surface area contributed by atoms with Gasteiger partial charge in [0.25, 0.3) is 0 Å². The predicted molar refractivity (Wildman–Crippen MR) is 129 cm³/mol. The highest BCUT2D eigenvalue weighted by Gasteiger charge is 2.11. The van der Waals surface area contributed by atoms with E-state index in [9.17, 15) is 19.2 Å². The maximum atomic E-state index is 11.1. The van der Waals surface area contributed by atoms with Gasteiger partial charge in [0.2, 0.25) is 12.8 Å². The van der Waals surface area contributed by atoms with Gasteiger partial charge in [-0.05, 0) is 47.5 Å². The Kier molecular flexibility index (Phi) is 8.76. The summed E-state index contributed by atoms with van der Waals surface area (Å²) in [6.07, 6.45) is 0.747. The number of carboxylic acids is 2. The predicted octanol–water partition coefficient (Wildman–Crippen LogP) is 3.13. The topological polar surface area (TPSA) is 152 Å². The molecule has 0 fully saturated rings. The van der Waals surface area contributed by atoms with Crippen molar-refractivity contribution in [2.24, 2.45) is 9.98 Å². The molecule has 0 spiro atoms. The van der Waals surface area contributed by atoms with E-state index in [-0.39, 0.29) is 24.3 Å². The molecule has 182 valence electrons. The smallest absolute Gasteiger partial charge is 0.335 e. The summed E-state index contributed by atoms with van der Waals surface area (Å²) in [6.45, 7) is -0.195. The zero-order valence-electron chi connectivity index (χ0n) is 18.7. The summed E-state index contributed by atoms with van der Waals surface area (Å²) in [5.74, 6) is -1.59. The molecule has 36 heavy (non-hydrogen) atoms. The largest absolute Gasteiger partial charge is 0.487 e. The number of hydrogen-bond donors (Lipinski definition) is 2. The van der Waals surface area contributed by atoms with E-state index in [1.807, 2.05) is 0 Å². The lowest BCUT2D eigenvalue weighted by molar-refractivity contribution is -0.107. The molecule has 0 atom stereocenters. The Hall–Kier alpha value is -5.12. The van der Waals surface area contributed by atoms with Crippen molar-refractivity contribution in [3.8, 4) is 11.5 Å². The summed E-state index contributed by atoms with van der Waals surface area (Å²) in [4.78, 5) is 52.0. The van der Waals surface area contributed by atoms with Gasteiger partial charge in [-0.3, -0.25) is 9.59 Å². The van der Waals surface area contributed by atoms with Crippen molar-refractivity contribution in [3.05, 3.63) is 95.1 Å². The Balaban J connectivity index is 1.72. The van der Waals surface area contributed by atoms with Crippen LogP contribution in [0.3, 0.4) is 0 Å². The molecule has 0 saturated heterocycles. The number of ether oxygens (including phenoxy) is 2. The van der Waals surface area contributed by atoms with Crippen LogP contribution in [0.2, 0.25) is 0 Å². The number of nitrogens with zero attached hydrogens (tertiary/aromatic N) is 2. The van der Waals surface area contributed by atoms with Gasteiger partial charge in [0.05, 0.1) is 22.6 Å². The molecule has 2 N–H and O–H groups in total. The van der Waals surface area contributed by atoms with Crippen molar-refractivity contribution in [3.63, 3.8) is 0 Å². The zero-order valence-corrected chi connectivity index (χ0v) is 18.7. The first-order valence-electron chi connectivity index (χ1n) is 10.4. The Morgan fingerprint density at radius 1 is 0.639 bits per heavy atom. The highest BCUT2D eigenvalue weighted by atomic mass is 16.5. The summed E-state index contributed by atoms with van der Waals surface area (Å²) in [5.41, 5.74) is 1.83. The van der Waals surface area contributed by atoms with Crippen molar-refractivity contribution < 1.29 is 38.9 Å². The van der Waals surface area contributed by atoms with Gasteiger partial charge in [0.15, 0.2) is 0 Å². The lowest BCUT2D eigenvalue weighted by Crippen LogP contribution is -2.16. The number of aromatic carboxylic acids is 2. The second kappa shape index (κ2) is 12.4. The number of benzene rings is 3. The highest BCUT2D eigenvalue weighted by Crippen LogP contribution is 2.16. The third kappa shape index (κ3) is 6.94. The van der Waals surface area contributed by atoms with E-state index in [1.54, 1.807) is 36.4 Å². The van der Waals surface area contributed by atoms with E-state index in [1.165, 1.54) is 36.4 Å². The van der Waals surface area contributed by atoms with Crippen LogP contribution in [0.5, 0.6) is 11.5 Å². The minimum atomic E-state index is -1.09. The van der Waals surface area contributed by atoms with Crippen LogP contribution in [0.4, 0.5) is 0 Å². The average Bonchev–Trinajstić information content (AvgIpc) is 2.89. The Morgan fingerprint density at radius 2 is 1.03 bits per heavy atom. The first-order valence-corrected chi connectivity index (χ1v) is 10.4. The third-order valence-electron chi connectivity index (χ3n) is 4.88. The first-order chi connectivity index (χ1) is 17.4.